The Kier molecular flexibility index (Phi) is 7.91. The zero-order valence-electron chi connectivity index (χ0n) is 22.6. The van der Waals surface area contributed by atoms with E-state index < -0.39 is 28.7 Å². The van der Waals surface area contributed by atoms with Gasteiger partial charge in [-0.1, -0.05) is 44.2 Å². The highest BCUT2D eigenvalue weighted by Crippen LogP contribution is 2.68. The minimum atomic E-state index is -0.760. The van der Waals surface area contributed by atoms with Gasteiger partial charge in [0, 0.05) is 17.5 Å². The van der Waals surface area contributed by atoms with Crippen LogP contribution in [-0.2, 0) is 20.9 Å². The van der Waals surface area contributed by atoms with Crippen LogP contribution in [-0.4, -0.2) is 63.0 Å². The number of likely N-dealkylation sites (tertiary alicyclic amines) is 1. The molecule has 3 unspecified atom stereocenters. The number of anilines is 1. The molecule has 5 rings (SSSR count). The summed E-state index contributed by atoms with van der Waals surface area (Å²) in [5, 5.41) is 16.2. The number of carbonyl (C=O) groups is 3. The Morgan fingerprint density at radius 2 is 1.85 bits per heavy atom. The Morgan fingerprint density at radius 3 is 2.49 bits per heavy atom. The van der Waals surface area contributed by atoms with Gasteiger partial charge in [0.05, 0.1) is 35.8 Å². The Labute approximate surface area is 233 Å². The van der Waals surface area contributed by atoms with E-state index in [2.05, 4.69) is 17.6 Å². The van der Waals surface area contributed by atoms with Crippen molar-refractivity contribution < 1.29 is 24.2 Å². The molecule has 2 aromatic carbocycles. The van der Waals surface area contributed by atoms with Crippen molar-refractivity contribution in [3.63, 3.8) is 0 Å². The fraction of sp³-hybridized carbons (Fsp3) is 0.500. The predicted octanol–water partition coefficient (Wildman–Crippen LogP) is 3.45. The summed E-state index contributed by atoms with van der Waals surface area (Å²) in [4.78, 5) is 43.4. The molecule has 0 radical (unpaired) electrons. The van der Waals surface area contributed by atoms with E-state index in [0.717, 1.165) is 17.7 Å². The van der Waals surface area contributed by atoms with Crippen molar-refractivity contribution >= 4 is 35.2 Å². The summed E-state index contributed by atoms with van der Waals surface area (Å²) in [6.07, 6.45) is 1.26. The predicted molar refractivity (Wildman–Crippen MR) is 151 cm³/mol. The molecule has 3 amide bonds. The lowest BCUT2D eigenvalue weighted by atomic mass is 9.66. The van der Waals surface area contributed by atoms with Crippen LogP contribution in [0.3, 0.4) is 0 Å². The number of nitrogens with zero attached hydrogens (tertiary/aromatic N) is 1. The van der Waals surface area contributed by atoms with Gasteiger partial charge in [-0.3, -0.25) is 14.4 Å². The van der Waals surface area contributed by atoms with Gasteiger partial charge in [0.25, 0.3) is 0 Å². The number of carbonyl (C=O) groups excluding carboxylic acids is 3. The van der Waals surface area contributed by atoms with Crippen molar-refractivity contribution in [1.29, 1.82) is 0 Å². The summed E-state index contributed by atoms with van der Waals surface area (Å²) in [5.41, 5.74) is 1.61. The van der Waals surface area contributed by atoms with Gasteiger partial charge in [-0.15, -0.1) is 11.8 Å². The number of hydrogen-bond donors (Lipinski definition) is 3. The van der Waals surface area contributed by atoms with Crippen LogP contribution in [0, 0.1) is 17.8 Å². The van der Waals surface area contributed by atoms with E-state index in [0.29, 0.717) is 25.3 Å². The van der Waals surface area contributed by atoms with Gasteiger partial charge in [-0.2, -0.15) is 0 Å². The Bertz CT molecular complexity index is 1200. The van der Waals surface area contributed by atoms with Gasteiger partial charge in [0.1, 0.15) is 11.8 Å². The lowest BCUT2D eigenvalue weighted by Gasteiger charge is -2.40. The smallest absolute Gasteiger partial charge is 0.244 e. The molecule has 3 saturated heterocycles. The molecule has 0 aliphatic carbocycles. The SMILES string of the molecule is CCOc1ccc(NC(=O)[C@@H]2[C@@H]3CC(C)C4(S3)C(C(=O)NCc3ccccc3)N([C@@H](CC)CO)C(=O)[C@H]24)cc1. The molecule has 3 heterocycles. The third kappa shape index (κ3) is 4.69. The maximum atomic E-state index is 14.2. The molecular weight excluding hydrogens is 514 g/mol. The molecule has 7 atom stereocenters. The van der Waals surface area contributed by atoms with E-state index in [4.69, 9.17) is 4.74 Å². The van der Waals surface area contributed by atoms with Crippen molar-refractivity contribution in [2.24, 2.45) is 17.8 Å². The summed E-state index contributed by atoms with van der Waals surface area (Å²) < 4.78 is 4.77. The molecule has 0 saturated carbocycles. The summed E-state index contributed by atoms with van der Waals surface area (Å²) in [5.74, 6) is -1.05. The molecule has 2 bridgehead atoms. The van der Waals surface area contributed by atoms with Crippen LogP contribution in [0.15, 0.2) is 54.6 Å². The minimum Gasteiger partial charge on any atom is -0.494 e. The van der Waals surface area contributed by atoms with Crippen molar-refractivity contribution in [1.82, 2.24) is 10.2 Å². The van der Waals surface area contributed by atoms with Crippen LogP contribution in [0.1, 0.15) is 39.2 Å². The van der Waals surface area contributed by atoms with Crippen LogP contribution < -0.4 is 15.4 Å². The molecule has 208 valence electrons. The van der Waals surface area contributed by atoms with Crippen LogP contribution >= 0.6 is 11.8 Å². The van der Waals surface area contributed by atoms with Gasteiger partial charge < -0.3 is 25.4 Å². The molecule has 1 spiro atoms. The zero-order valence-corrected chi connectivity index (χ0v) is 23.4. The number of hydrogen-bond acceptors (Lipinski definition) is 6. The number of thioether (sulfide) groups is 1. The largest absolute Gasteiger partial charge is 0.494 e. The fourth-order valence-corrected chi connectivity index (χ4v) is 9.18. The lowest BCUT2D eigenvalue weighted by molar-refractivity contribution is -0.142. The lowest BCUT2D eigenvalue weighted by Crippen LogP contribution is -2.58. The van der Waals surface area contributed by atoms with Crippen LogP contribution in [0.2, 0.25) is 0 Å². The molecule has 3 aliphatic heterocycles. The van der Waals surface area contributed by atoms with Crippen molar-refractivity contribution in [3.8, 4) is 5.75 Å². The van der Waals surface area contributed by atoms with E-state index in [1.807, 2.05) is 44.2 Å². The van der Waals surface area contributed by atoms with Gasteiger partial charge >= 0.3 is 0 Å². The van der Waals surface area contributed by atoms with E-state index in [1.165, 1.54) is 0 Å². The number of amides is 3. The molecule has 0 aromatic heterocycles. The van der Waals surface area contributed by atoms with Gasteiger partial charge in [0.2, 0.25) is 17.7 Å². The number of fused-ring (bicyclic) bond motifs is 1. The van der Waals surface area contributed by atoms with E-state index in [-0.39, 0.29) is 35.5 Å². The summed E-state index contributed by atoms with van der Waals surface area (Å²) >= 11 is 1.63. The summed E-state index contributed by atoms with van der Waals surface area (Å²) in [6, 6.07) is 15.6. The third-order valence-electron chi connectivity index (χ3n) is 8.55. The molecule has 3 N–H and O–H groups in total. The average molecular weight is 552 g/mol. The van der Waals surface area contributed by atoms with Crippen LogP contribution in [0.5, 0.6) is 5.75 Å². The maximum absolute atomic E-state index is 14.2. The highest BCUT2D eigenvalue weighted by molar-refractivity contribution is 8.02. The first-order valence-electron chi connectivity index (χ1n) is 13.8. The number of aliphatic hydroxyl groups excluding tert-OH is 1. The van der Waals surface area contributed by atoms with Gasteiger partial charge in [-0.05, 0) is 55.5 Å². The molecule has 3 fully saturated rings. The fourth-order valence-electron chi connectivity index (χ4n) is 6.77. The maximum Gasteiger partial charge on any atom is 0.244 e. The first kappa shape index (κ1) is 27.5. The normalized spacial score (nSPS) is 29.7. The Hall–Kier alpha value is -3.04. The number of aliphatic hydroxyl groups is 1. The first-order valence-corrected chi connectivity index (χ1v) is 14.7. The summed E-state index contributed by atoms with van der Waals surface area (Å²) in [6.45, 7) is 6.58. The zero-order chi connectivity index (χ0) is 27.7. The van der Waals surface area contributed by atoms with E-state index >= 15 is 0 Å². The van der Waals surface area contributed by atoms with Crippen molar-refractivity contribution in [3.05, 3.63) is 60.2 Å². The molecule has 3 aliphatic rings. The van der Waals surface area contributed by atoms with Crippen LogP contribution in [0.4, 0.5) is 5.69 Å². The number of rotatable bonds is 10. The van der Waals surface area contributed by atoms with Gasteiger partial charge in [0.15, 0.2) is 0 Å². The molecule has 9 heteroatoms. The second kappa shape index (κ2) is 11.2. The van der Waals surface area contributed by atoms with Crippen molar-refractivity contribution in [2.45, 2.75) is 62.2 Å². The molecule has 39 heavy (non-hydrogen) atoms. The Balaban J connectivity index is 1.44. The highest BCUT2D eigenvalue weighted by atomic mass is 32.2. The quantitative estimate of drug-likeness (QED) is 0.418. The second-order valence-electron chi connectivity index (χ2n) is 10.7. The number of ether oxygens (including phenoxy) is 1. The van der Waals surface area contributed by atoms with E-state index in [9.17, 15) is 19.5 Å². The molecular formula is C30H37N3O5S. The average Bonchev–Trinajstić information content (AvgIpc) is 3.54. The molecule has 8 nitrogen and oxygen atoms in total. The van der Waals surface area contributed by atoms with Crippen LogP contribution in [0.25, 0.3) is 0 Å². The summed E-state index contributed by atoms with van der Waals surface area (Å²) in [7, 11) is 0. The number of benzene rings is 2. The topological polar surface area (TPSA) is 108 Å². The van der Waals surface area contributed by atoms with Gasteiger partial charge in [-0.25, -0.2) is 0 Å². The van der Waals surface area contributed by atoms with Crippen molar-refractivity contribution in [2.75, 3.05) is 18.5 Å². The minimum absolute atomic E-state index is 0.0579. The third-order valence-corrected chi connectivity index (χ3v) is 10.6. The Morgan fingerprint density at radius 1 is 1.13 bits per heavy atom. The standard InChI is InChI=1S/C30H37N3O5S/c1-4-21(17-34)33-26(28(36)31-16-19-9-7-6-8-10-19)30-18(3)15-23(39-30)24(25(30)29(33)37)27(35)32-20-11-13-22(14-12-20)38-5-2/h6-14,18,21,23-26,34H,4-5,15-17H2,1-3H3,(H,31,36)(H,32,35)/t18?,21-,23-,24+,25-,26?,30?/m0/s1. The first-order chi connectivity index (χ1) is 18.8. The number of nitrogens with one attached hydrogen (secondary N) is 2. The van der Waals surface area contributed by atoms with E-state index in [1.54, 1.807) is 40.9 Å². The monoisotopic (exact) mass is 551 g/mol. The second-order valence-corrected chi connectivity index (χ2v) is 12.2. The highest BCUT2D eigenvalue weighted by Gasteiger charge is 2.76. The molecule has 2 aromatic rings.